The van der Waals surface area contributed by atoms with Gasteiger partial charge in [-0.25, -0.2) is 0 Å². The van der Waals surface area contributed by atoms with Crippen LogP contribution in [-0.4, -0.2) is 0 Å². The molecule has 0 aromatic carbocycles. The van der Waals surface area contributed by atoms with Gasteiger partial charge in [0.1, 0.15) is 0 Å². The van der Waals surface area contributed by atoms with Gasteiger partial charge in [0, 0.05) is 0 Å². The van der Waals surface area contributed by atoms with Crippen molar-refractivity contribution in [2.45, 2.75) is 58.3 Å². The number of allylic oxidation sites excluding steroid dienone is 17. The van der Waals surface area contributed by atoms with Crippen LogP contribution in [0.15, 0.2) is 110 Å². The van der Waals surface area contributed by atoms with E-state index in [2.05, 4.69) is 37.8 Å². The fourth-order valence-corrected chi connectivity index (χ4v) is 2.31. The number of hydrogen-bond donors (Lipinski definition) is 0. The molecule has 0 amide bonds. The number of rotatable bonds is 16. The zero-order chi connectivity index (χ0) is 19.7. The van der Waals surface area contributed by atoms with Gasteiger partial charge in [-0.2, -0.15) is 0 Å². The summed E-state index contributed by atoms with van der Waals surface area (Å²) >= 11 is 0. The molecule has 0 N–H and O–H groups in total. The first kappa shape index (κ1) is 24.7. The summed E-state index contributed by atoms with van der Waals surface area (Å²) in [7, 11) is 0. The molecule has 0 rings (SSSR count). The second-order valence-corrected chi connectivity index (χ2v) is 6.27. The van der Waals surface area contributed by atoms with E-state index in [1.165, 1.54) is 51.4 Å². The van der Waals surface area contributed by atoms with Gasteiger partial charge in [0.2, 0.25) is 0 Å². The summed E-state index contributed by atoms with van der Waals surface area (Å²) in [6, 6.07) is 0. The highest BCUT2D eigenvalue weighted by molar-refractivity contribution is 5.21. The predicted octanol–water partition coefficient (Wildman–Crippen LogP) is 8.76. The van der Waals surface area contributed by atoms with Crippen LogP contribution in [-0.2, 0) is 0 Å². The molecule has 146 valence electrons. The summed E-state index contributed by atoms with van der Waals surface area (Å²) < 4.78 is 0. The van der Waals surface area contributed by atoms with Gasteiger partial charge in [0.25, 0.3) is 0 Å². The van der Waals surface area contributed by atoms with Crippen LogP contribution >= 0.6 is 0 Å². The molecular weight excluding hydrogens is 324 g/mol. The highest BCUT2D eigenvalue weighted by atomic mass is 13.9. The molecule has 0 unspecified atom stereocenters. The third-order valence-electron chi connectivity index (χ3n) is 3.80. The Bertz CT molecular complexity index is 545. The lowest BCUT2D eigenvalue weighted by molar-refractivity contribution is 0.592. The molecule has 0 radical (unpaired) electrons. The molecule has 0 fully saturated rings. The van der Waals surface area contributed by atoms with Crippen molar-refractivity contribution in [2.24, 2.45) is 0 Å². The Labute approximate surface area is 168 Å². The summed E-state index contributed by atoms with van der Waals surface area (Å²) in [5, 5.41) is 0. The van der Waals surface area contributed by atoms with Crippen molar-refractivity contribution in [3.8, 4) is 0 Å². The quantitative estimate of drug-likeness (QED) is 0.190. The molecular formula is C27H38. The van der Waals surface area contributed by atoms with Gasteiger partial charge in [0.15, 0.2) is 0 Å². The van der Waals surface area contributed by atoms with Crippen molar-refractivity contribution in [1.29, 1.82) is 0 Å². The van der Waals surface area contributed by atoms with E-state index >= 15 is 0 Å². The Morgan fingerprint density at radius 1 is 0.444 bits per heavy atom. The molecule has 0 heteroatoms. The van der Waals surface area contributed by atoms with Crippen molar-refractivity contribution in [3.05, 3.63) is 110 Å². The van der Waals surface area contributed by atoms with Gasteiger partial charge in [-0.1, -0.05) is 155 Å². The van der Waals surface area contributed by atoms with Crippen LogP contribution in [0.3, 0.4) is 0 Å². The van der Waals surface area contributed by atoms with Crippen molar-refractivity contribution in [2.75, 3.05) is 0 Å². The van der Waals surface area contributed by atoms with E-state index in [1.54, 1.807) is 6.08 Å². The Kier molecular flexibility index (Phi) is 21.6. The number of hydrogen-bond acceptors (Lipinski definition) is 0. The van der Waals surface area contributed by atoms with E-state index in [9.17, 15) is 0 Å². The van der Waals surface area contributed by atoms with E-state index < -0.39 is 0 Å². The second-order valence-electron chi connectivity index (χ2n) is 6.27. The van der Waals surface area contributed by atoms with Crippen LogP contribution in [0, 0.1) is 0 Å². The molecule has 0 bridgehead atoms. The van der Waals surface area contributed by atoms with Crippen LogP contribution < -0.4 is 0 Å². The SMILES string of the molecule is C=C/C=C/C=C/C=C/C=C/C=C/C=C/C=C/C=C/CCCCCCCCC. The Hall–Kier alpha value is -2.34. The highest BCUT2D eigenvalue weighted by Crippen LogP contribution is 2.08. The summed E-state index contributed by atoms with van der Waals surface area (Å²) in [5.41, 5.74) is 0. The minimum atomic E-state index is 1.19. The smallest absolute Gasteiger partial charge is 0.0348 e. The van der Waals surface area contributed by atoms with E-state index in [4.69, 9.17) is 0 Å². The van der Waals surface area contributed by atoms with Gasteiger partial charge in [0.05, 0.1) is 0 Å². The second kappa shape index (κ2) is 23.7. The van der Waals surface area contributed by atoms with Gasteiger partial charge < -0.3 is 0 Å². The van der Waals surface area contributed by atoms with Crippen LogP contribution in [0.5, 0.6) is 0 Å². The molecule has 0 nitrogen and oxygen atoms in total. The summed E-state index contributed by atoms with van der Waals surface area (Å²) in [6.45, 7) is 5.89. The van der Waals surface area contributed by atoms with Gasteiger partial charge in [-0.3, -0.25) is 0 Å². The summed E-state index contributed by atoms with van der Waals surface area (Å²) in [4.78, 5) is 0. The maximum absolute atomic E-state index is 3.62. The molecule has 27 heavy (non-hydrogen) atoms. The van der Waals surface area contributed by atoms with Crippen LogP contribution in [0.4, 0.5) is 0 Å². The van der Waals surface area contributed by atoms with Gasteiger partial charge in [-0.15, -0.1) is 0 Å². The van der Waals surface area contributed by atoms with E-state index in [0.717, 1.165) is 0 Å². The van der Waals surface area contributed by atoms with Crippen molar-refractivity contribution in [3.63, 3.8) is 0 Å². The Balaban J connectivity index is 3.65. The first-order valence-corrected chi connectivity index (χ1v) is 10.4. The molecule has 0 heterocycles. The molecule has 0 aliphatic heterocycles. The molecule has 0 aromatic rings. The van der Waals surface area contributed by atoms with Crippen LogP contribution in [0.25, 0.3) is 0 Å². The summed E-state index contributed by atoms with van der Waals surface area (Å²) in [6.07, 6.45) is 45.1. The Morgan fingerprint density at radius 3 is 1.26 bits per heavy atom. The fraction of sp³-hybridized carbons (Fsp3) is 0.333. The van der Waals surface area contributed by atoms with Gasteiger partial charge >= 0.3 is 0 Å². The molecule has 0 saturated carbocycles. The highest BCUT2D eigenvalue weighted by Gasteiger charge is 1.88. The maximum Gasteiger partial charge on any atom is -0.0348 e. The largest absolute Gasteiger partial charge is 0.0991 e. The Morgan fingerprint density at radius 2 is 0.815 bits per heavy atom. The van der Waals surface area contributed by atoms with E-state index in [-0.39, 0.29) is 0 Å². The average Bonchev–Trinajstić information content (AvgIpc) is 2.68. The zero-order valence-electron chi connectivity index (χ0n) is 17.2. The van der Waals surface area contributed by atoms with Crippen molar-refractivity contribution in [1.82, 2.24) is 0 Å². The standard InChI is InChI=1S/C27H38/c1-3-5-7-9-11-13-15-17-19-21-23-25-27-26-24-22-20-18-16-14-12-10-8-6-4-2/h3,5,7,9,11,13,15,17,19-27H,1,4,6,8,10,12,14,16,18H2,2H3/b7-5+,11-9+,15-13+,19-17+,22-20+,23-21+,26-24+,27-25+. The monoisotopic (exact) mass is 362 g/mol. The average molecular weight is 363 g/mol. The van der Waals surface area contributed by atoms with E-state index in [1.807, 2.05) is 72.9 Å². The minimum absolute atomic E-state index is 1.19. The van der Waals surface area contributed by atoms with E-state index in [0.29, 0.717) is 0 Å². The van der Waals surface area contributed by atoms with Gasteiger partial charge in [-0.05, 0) is 12.8 Å². The van der Waals surface area contributed by atoms with Crippen LogP contribution in [0.1, 0.15) is 58.3 Å². The third-order valence-corrected chi connectivity index (χ3v) is 3.80. The lowest BCUT2D eigenvalue weighted by atomic mass is 10.1. The van der Waals surface area contributed by atoms with Crippen molar-refractivity contribution < 1.29 is 0 Å². The van der Waals surface area contributed by atoms with Crippen molar-refractivity contribution >= 4 is 0 Å². The molecule has 0 spiro atoms. The lowest BCUT2D eigenvalue weighted by Gasteiger charge is -1.98. The topological polar surface area (TPSA) is 0 Å². The first-order valence-electron chi connectivity index (χ1n) is 10.4. The predicted molar refractivity (Wildman–Crippen MR) is 126 cm³/mol. The molecule has 0 aliphatic carbocycles. The zero-order valence-corrected chi connectivity index (χ0v) is 17.2. The first-order chi connectivity index (χ1) is 13.4. The maximum atomic E-state index is 3.62. The minimum Gasteiger partial charge on any atom is -0.0991 e. The fourth-order valence-electron chi connectivity index (χ4n) is 2.31. The lowest BCUT2D eigenvalue weighted by Crippen LogP contribution is -1.78. The molecule has 0 aliphatic rings. The molecule has 0 saturated heterocycles. The molecule has 0 atom stereocenters. The number of unbranched alkanes of at least 4 members (excludes halogenated alkanes) is 7. The molecule has 0 aromatic heterocycles. The van der Waals surface area contributed by atoms with Crippen LogP contribution in [0.2, 0.25) is 0 Å². The normalized spacial score (nSPS) is 13.5. The summed E-state index contributed by atoms with van der Waals surface area (Å²) in [5.74, 6) is 0. The third kappa shape index (κ3) is 23.7.